The maximum atomic E-state index is 12.4. The molecule has 5 nitrogen and oxygen atoms in total. The molecule has 2 atom stereocenters. The zero-order chi connectivity index (χ0) is 14.0. The van der Waals surface area contributed by atoms with Crippen LogP contribution in [0.2, 0.25) is 0 Å². The molecule has 0 bridgehead atoms. The van der Waals surface area contributed by atoms with Crippen molar-refractivity contribution in [2.75, 3.05) is 13.1 Å². The van der Waals surface area contributed by atoms with E-state index in [9.17, 15) is 9.59 Å². The van der Waals surface area contributed by atoms with E-state index < -0.39 is 11.6 Å². The van der Waals surface area contributed by atoms with Gasteiger partial charge in [-0.05, 0) is 53.0 Å². The molecular weight excluding hydrogens is 244 g/mol. The molecule has 1 N–H and O–H groups in total. The van der Waals surface area contributed by atoms with Gasteiger partial charge in [-0.25, -0.2) is 4.79 Å². The maximum Gasteiger partial charge on any atom is 0.329 e. The van der Waals surface area contributed by atoms with Gasteiger partial charge in [0, 0.05) is 6.54 Å². The minimum absolute atomic E-state index is 0.0610. The molecule has 2 fully saturated rings. The van der Waals surface area contributed by atoms with Crippen molar-refractivity contribution in [3.8, 4) is 0 Å². The van der Waals surface area contributed by atoms with E-state index in [1.54, 1.807) is 4.90 Å². The van der Waals surface area contributed by atoms with Gasteiger partial charge in [-0.3, -0.25) is 4.79 Å². The second-order valence-corrected chi connectivity index (χ2v) is 6.37. The summed E-state index contributed by atoms with van der Waals surface area (Å²) in [5, 5.41) is 3.20. The molecule has 2 saturated heterocycles. The molecule has 19 heavy (non-hydrogen) atoms. The lowest BCUT2D eigenvalue weighted by Crippen LogP contribution is -2.49. The third-order valence-corrected chi connectivity index (χ3v) is 3.57. The van der Waals surface area contributed by atoms with Gasteiger partial charge in [0.2, 0.25) is 5.91 Å². The Morgan fingerprint density at radius 1 is 1.21 bits per heavy atom. The van der Waals surface area contributed by atoms with Crippen LogP contribution in [-0.2, 0) is 14.3 Å². The van der Waals surface area contributed by atoms with Gasteiger partial charge in [-0.2, -0.15) is 0 Å². The first-order valence-electron chi connectivity index (χ1n) is 7.15. The summed E-state index contributed by atoms with van der Waals surface area (Å²) < 4.78 is 5.41. The van der Waals surface area contributed by atoms with Crippen LogP contribution in [0.5, 0.6) is 0 Å². The fourth-order valence-corrected chi connectivity index (χ4v) is 2.74. The summed E-state index contributed by atoms with van der Waals surface area (Å²) in [5.74, 6) is -0.206. The van der Waals surface area contributed by atoms with Crippen LogP contribution in [0, 0.1) is 0 Å². The third kappa shape index (κ3) is 3.47. The Morgan fingerprint density at radius 2 is 1.95 bits per heavy atom. The van der Waals surface area contributed by atoms with Crippen molar-refractivity contribution in [1.82, 2.24) is 10.2 Å². The average molecular weight is 268 g/mol. The summed E-state index contributed by atoms with van der Waals surface area (Å²) in [6.07, 6.45) is 3.49. The van der Waals surface area contributed by atoms with E-state index in [1.807, 2.05) is 20.8 Å². The molecule has 2 rings (SSSR count). The molecule has 0 aromatic heterocycles. The highest BCUT2D eigenvalue weighted by atomic mass is 16.6. The Labute approximate surface area is 114 Å². The van der Waals surface area contributed by atoms with Crippen LogP contribution in [0.3, 0.4) is 0 Å². The number of ether oxygens (including phenoxy) is 1. The fraction of sp³-hybridized carbons (Fsp3) is 0.857. The quantitative estimate of drug-likeness (QED) is 0.761. The molecule has 2 unspecified atom stereocenters. The highest BCUT2D eigenvalue weighted by Gasteiger charge is 2.39. The number of amides is 1. The number of hydrogen-bond acceptors (Lipinski definition) is 4. The first-order chi connectivity index (χ1) is 8.88. The monoisotopic (exact) mass is 268 g/mol. The summed E-state index contributed by atoms with van der Waals surface area (Å²) in [6, 6.07) is -0.503. The summed E-state index contributed by atoms with van der Waals surface area (Å²) in [6.45, 7) is 7.11. The maximum absolute atomic E-state index is 12.4. The van der Waals surface area contributed by atoms with E-state index in [4.69, 9.17) is 4.74 Å². The predicted molar refractivity (Wildman–Crippen MR) is 71.6 cm³/mol. The Hall–Kier alpha value is -1.10. The number of nitrogens with zero attached hydrogens (tertiary/aromatic N) is 1. The van der Waals surface area contributed by atoms with Crippen LogP contribution in [0.15, 0.2) is 0 Å². The zero-order valence-electron chi connectivity index (χ0n) is 12.1. The van der Waals surface area contributed by atoms with Crippen LogP contribution in [0.25, 0.3) is 0 Å². The zero-order valence-corrected chi connectivity index (χ0v) is 12.1. The van der Waals surface area contributed by atoms with E-state index in [-0.39, 0.29) is 17.9 Å². The van der Waals surface area contributed by atoms with Gasteiger partial charge in [0.25, 0.3) is 0 Å². The number of carbonyl (C=O) groups is 2. The Balaban J connectivity index is 2.00. The Kier molecular flexibility index (Phi) is 4.13. The van der Waals surface area contributed by atoms with Crippen molar-refractivity contribution >= 4 is 11.9 Å². The van der Waals surface area contributed by atoms with Gasteiger partial charge < -0.3 is 15.0 Å². The number of rotatable bonds is 2. The lowest BCUT2D eigenvalue weighted by atomic mass is 10.1. The number of nitrogens with one attached hydrogen (secondary N) is 1. The fourth-order valence-electron chi connectivity index (χ4n) is 2.74. The minimum atomic E-state index is -0.500. The summed E-state index contributed by atoms with van der Waals surface area (Å²) in [7, 11) is 0. The molecule has 0 spiro atoms. The summed E-state index contributed by atoms with van der Waals surface area (Å²) in [5.41, 5.74) is -0.500. The van der Waals surface area contributed by atoms with Gasteiger partial charge in [-0.15, -0.1) is 0 Å². The molecule has 2 heterocycles. The first kappa shape index (κ1) is 14.3. The van der Waals surface area contributed by atoms with Crippen molar-refractivity contribution < 1.29 is 14.3 Å². The normalized spacial score (nSPS) is 27.6. The van der Waals surface area contributed by atoms with Crippen molar-refractivity contribution in [2.45, 2.75) is 64.1 Å². The standard InChI is InChI=1S/C14H24N2O3/c1-14(2,3)19-13(18)11-7-5-9-16(11)12(17)10-6-4-8-15-10/h10-11,15H,4-9H2,1-3H3. The third-order valence-electron chi connectivity index (χ3n) is 3.57. The highest BCUT2D eigenvalue weighted by Crippen LogP contribution is 2.23. The van der Waals surface area contributed by atoms with Gasteiger partial charge in [0.05, 0.1) is 6.04 Å². The van der Waals surface area contributed by atoms with Crippen molar-refractivity contribution in [2.24, 2.45) is 0 Å². The molecule has 2 aliphatic heterocycles. The van der Waals surface area contributed by atoms with Crippen LogP contribution in [0.4, 0.5) is 0 Å². The van der Waals surface area contributed by atoms with Gasteiger partial charge in [0.1, 0.15) is 11.6 Å². The van der Waals surface area contributed by atoms with Crippen LogP contribution >= 0.6 is 0 Å². The van der Waals surface area contributed by atoms with E-state index in [0.717, 1.165) is 25.8 Å². The number of carbonyl (C=O) groups excluding carboxylic acids is 2. The largest absolute Gasteiger partial charge is 0.458 e. The minimum Gasteiger partial charge on any atom is -0.458 e. The molecule has 0 aliphatic carbocycles. The van der Waals surface area contributed by atoms with E-state index in [2.05, 4.69) is 5.32 Å². The van der Waals surface area contributed by atoms with E-state index in [1.165, 1.54) is 0 Å². The second kappa shape index (κ2) is 5.49. The van der Waals surface area contributed by atoms with Crippen LogP contribution in [0.1, 0.15) is 46.5 Å². The molecule has 0 aromatic carbocycles. The second-order valence-electron chi connectivity index (χ2n) is 6.37. The summed E-state index contributed by atoms with van der Waals surface area (Å²) in [4.78, 5) is 26.2. The molecular formula is C14H24N2O3. The Bertz CT molecular complexity index is 356. The number of likely N-dealkylation sites (tertiary alicyclic amines) is 1. The molecule has 5 heteroatoms. The van der Waals surface area contributed by atoms with Crippen molar-refractivity contribution in [3.05, 3.63) is 0 Å². The van der Waals surface area contributed by atoms with Crippen LogP contribution in [-0.4, -0.2) is 47.6 Å². The van der Waals surface area contributed by atoms with Gasteiger partial charge in [0.15, 0.2) is 0 Å². The lowest BCUT2D eigenvalue weighted by Gasteiger charge is -2.29. The van der Waals surface area contributed by atoms with Crippen LogP contribution < -0.4 is 5.32 Å². The molecule has 0 saturated carbocycles. The van der Waals surface area contributed by atoms with Gasteiger partial charge >= 0.3 is 5.97 Å². The molecule has 1 amide bonds. The van der Waals surface area contributed by atoms with Gasteiger partial charge in [-0.1, -0.05) is 0 Å². The highest BCUT2D eigenvalue weighted by molar-refractivity contribution is 5.88. The molecule has 2 aliphatic rings. The molecule has 0 aromatic rings. The first-order valence-corrected chi connectivity index (χ1v) is 7.15. The molecule has 0 radical (unpaired) electrons. The average Bonchev–Trinajstić information content (AvgIpc) is 2.97. The van der Waals surface area contributed by atoms with E-state index >= 15 is 0 Å². The lowest BCUT2D eigenvalue weighted by molar-refractivity contribution is -0.163. The van der Waals surface area contributed by atoms with E-state index in [0.29, 0.717) is 13.0 Å². The number of hydrogen-bond donors (Lipinski definition) is 1. The predicted octanol–water partition coefficient (Wildman–Crippen LogP) is 1.07. The molecule has 108 valence electrons. The number of esters is 1. The Morgan fingerprint density at radius 3 is 2.53 bits per heavy atom. The van der Waals surface area contributed by atoms with Crippen molar-refractivity contribution in [1.29, 1.82) is 0 Å². The topological polar surface area (TPSA) is 58.6 Å². The van der Waals surface area contributed by atoms with Crippen molar-refractivity contribution in [3.63, 3.8) is 0 Å². The summed E-state index contributed by atoms with van der Waals surface area (Å²) >= 11 is 0. The SMILES string of the molecule is CC(C)(C)OC(=O)C1CCCN1C(=O)C1CCCN1. The smallest absolute Gasteiger partial charge is 0.329 e.